The molecule has 0 amide bonds. The minimum absolute atomic E-state index is 0.455. The summed E-state index contributed by atoms with van der Waals surface area (Å²) in [4.78, 5) is 5.24. The van der Waals surface area contributed by atoms with Crippen LogP contribution in [-0.4, -0.2) is 67.2 Å². The molecular formula is C14H28N4. The Labute approximate surface area is 111 Å². The Morgan fingerprint density at radius 1 is 1.00 bits per heavy atom. The van der Waals surface area contributed by atoms with Crippen LogP contribution < -0.4 is 11.1 Å². The van der Waals surface area contributed by atoms with Gasteiger partial charge in [0.05, 0.1) is 0 Å². The molecule has 104 valence electrons. The van der Waals surface area contributed by atoms with Crippen molar-refractivity contribution in [3.05, 3.63) is 0 Å². The van der Waals surface area contributed by atoms with Crippen LogP contribution in [0, 0.1) is 0 Å². The lowest BCUT2D eigenvalue weighted by molar-refractivity contribution is 0.211. The molecule has 4 heteroatoms. The van der Waals surface area contributed by atoms with Crippen LogP contribution >= 0.6 is 0 Å². The molecule has 2 heterocycles. The second kappa shape index (κ2) is 5.87. The van der Waals surface area contributed by atoms with Crippen LogP contribution in [0.15, 0.2) is 0 Å². The molecule has 18 heavy (non-hydrogen) atoms. The first kappa shape index (κ1) is 12.9. The number of nitrogens with zero attached hydrogens (tertiary/aromatic N) is 2. The summed E-state index contributed by atoms with van der Waals surface area (Å²) in [6, 6.07) is 2.15. The van der Waals surface area contributed by atoms with E-state index in [1.54, 1.807) is 0 Å². The zero-order valence-corrected chi connectivity index (χ0v) is 11.5. The van der Waals surface area contributed by atoms with Crippen LogP contribution in [0.25, 0.3) is 0 Å². The first-order valence-corrected chi connectivity index (χ1v) is 7.76. The van der Waals surface area contributed by atoms with E-state index in [0.29, 0.717) is 6.04 Å². The molecule has 4 nitrogen and oxygen atoms in total. The average Bonchev–Trinajstić information content (AvgIpc) is 3.12. The Kier molecular flexibility index (Phi) is 4.19. The summed E-state index contributed by atoms with van der Waals surface area (Å²) in [6.45, 7) is 7.35. The summed E-state index contributed by atoms with van der Waals surface area (Å²) in [6.07, 6.45) is 6.60. The predicted octanol–water partition coefficient (Wildman–Crippen LogP) is 0.236. The van der Waals surface area contributed by atoms with E-state index >= 15 is 0 Å². The van der Waals surface area contributed by atoms with Gasteiger partial charge < -0.3 is 16.0 Å². The molecule has 2 aliphatic heterocycles. The molecule has 0 spiro atoms. The maximum absolute atomic E-state index is 5.93. The molecule has 3 aliphatic rings. The summed E-state index contributed by atoms with van der Waals surface area (Å²) in [5.41, 5.74) is 5.93. The second-order valence-corrected chi connectivity index (χ2v) is 6.34. The summed E-state index contributed by atoms with van der Waals surface area (Å²) in [7, 11) is 0. The molecule has 2 saturated heterocycles. The van der Waals surface area contributed by atoms with Gasteiger partial charge in [-0.15, -0.1) is 0 Å². The molecule has 0 radical (unpaired) electrons. The van der Waals surface area contributed by atoms with Crippen LogP contribution in [0.1, 0.15) is 32.1 Å². The largest absolute Gasteiger partial charge is 0.328 e. The third-order valence-corrected chi connectivity index (χ3v) is 4.78. The highest BCUT2D eigenvalue weighted by Gasteiger charge is 2.34. The number of rotatable bonds is 5. The summed E-state index contributed by atoms with van der Waals surface area (Å²) >= 11 is 0. The van der Waals surface area contributed by atoms with E-state index in [4.69, 9.17) is 5.73 Å². The van der Waals surface area contributed by atoms with Gasteiger partial charge in [-0.3, -0.25) is 4.90 Å². The van der Waals surface area contributed by atoms with E-state index in [9.17, 15) is 0 Å². The van der Waals surface area contributed by atoms with E-state index in [1.165, 1.54) is 64.8 Å². The van der Waals surface area contributed by atoms with Crippen molar-refractivity contribution >= 4 is 0 Å². The summed E-state index contributed by atoms with van der Waals surface area (Å²) in [5.74, 6) is 0. The lowest BCUT2D eigenvalue weighted by Gasteiger charge is -2.30. The van der Waals surface area contributed by atoms with Gasteiger partial charge >= 0.3 is 0 Å². The molecule has 0 aromatic rings. The van der Waals surface area contributed by atoms with Crippen molar-refractivity contribution < 1.29 is 0 Å². The van der Waals surface area contributed by atoms with Crippen LogP contribution in [0.3, 0.4) is 0 Å². The Balaban J connectivity index is 1.28. The van der Waals surface area contributed by atoms with Crippen molar-refractivity contribution in [3.63, 3.8) is 0 Å². The SMILES string of the molecule is NC1CCN(CCNC2CCN(C3CC3)C2)CC1. The number of nitrogens with two attached hydrogens (primary N) is 1. The Morgan fingerprint density at radius 2 is 1.78 bits per heavy atom. The Bertz CT molecular complexity index is 259. The summed E-state index contributed by atoms with van der Waals surface area (Å²) in [5, 5.41) is 3.74. The third-order valence-electron chi connectivity index (χ3n) is 4.78. The van der Waals surface area contributed by atoms with Crippen LogP contribution in [0.4, 0.5) is 0 Å². The molecule has 0 aromatic carbocycles. The minimum Gasteiger partial charge on any atom is -0.328 e. The highest BCUT2D eigenvalue weighted by Crippen LogP contribution is 2.29. The van der Waals surface area contributed by atoms with Crippen molar-refractivity contribution in [1.82, 2.24) is 15.1 Å². The van der Waals surface area contributed by atoms with E-state index in [1.807, 2.05) is 0 Å². The smallest absolute Gasteiger partial charge is 0.0207 e. The zero-order chi connectivity index (χ0) is 12.4. The van der Waals surface area contributed by atoms with Gasteiger partial charge in [0.15, 0.2) is 0 Å². The van der Waals surface area contributed by atoms with Crippen molar-refractivity contribution in [2.45, 2.75) is 50.2 Å². The van der Waals surface area contributed by atoms with Crippen LogP contribution in [0.2, 0.25) is 0 Å². The molecule has 3 fully saturated rings. The fraction of sp³-hybridized carbons (Fsp3) is 1.00. The molecule has 0 bridgehead atoms. The number of hydrogen-bond donors (Lipinski definition) is 2. The van der Waals surface area contributed by atoms with E-state index in [2.05, 4.69) is 15.1 Å². The molecule has 3 rings (SSSR count). The van der Waals surface area contributed by atoms with Gasteiger partial charge in [-0.2, -0.15) is 0 Å². The number of nitrogens with one attached hydrogen (secondary N) is 1. The van der Waals surface area contributed by atoms with E-state index in [-0.39, 0.29) is 0 Å². The quantitative estimate of drug-likeness (QED) is 0.735. The lowest BCUT2D eigenvalue weighted by Crippen LogP contribution is -2.44. The first-order valence-electron chi connectivity index (χ1n) is 7.76. The standard InChI is InChI=1S/C14H28N4/c15-12-3-7-17(8-4-12)10-6-16-13-5-9-18(11-13)14-1-2-14/h12-14,16H,1-11,15H2. The fourth-order valence-electron chi connectivity index (χ4n) is 3.33. The van der Waals surface area contributed by atoms with Crippen molar-refractivity contribution in [3.8, 4) is 0 Å². The molecule has 0 aromatic heterocycles. The zero-order valence-electron chi connectivity index (χ0n) is 11.5. The monoisotopic (exact) mass is 252 g/mol. The van der Waals surface area contributed by atoms with E-state index < -0.39 is 0 Å². The second-order valence-electron chi connectivity index (χ2n) is 6.34. The number of piperidine rings is 1. The minimum atomic E-state index is 0.455. The van der Waals surface area contributed by atoms with Crippen molar-refractivity contribution in [1.29, 1.82) is 0 Å². The van der Waals surface area contributed by atoms with E-state index in [0.717, 1.165) is 18.6 Å². The highest BCUT2D eigenvalue weighted by molar-refractivity contribution is 4.91. The number of hydrogen-bond acceptors (Lipinski definition) is 4. The molecule has 3 N–H and O–H groups in total. The van der Waals surface area contributed by atoms with Gasteiger partial charge in [0.25, 0.3) is 0 Å². The highest BCUT2D eigenvalue weighted by atomic mass is 15.2. The van der Waals surface area contributed by atoms with Crippen molar-refractivity contribution in [2.24, 2.45) is 5.73 Å². The maximum atomic E-state index is 5.93. The lowest BCUT2D eigenvalue weighted by atomic mass is 10.1. The fourth-order valence-corrected chi connectivity index (χ4v) is 3.33. The first-order chi connectivity index (χ1) is 8.81. The van der Waals surface area contributed by atoms with Gasteiger partial charge in [-0.25, -0.2) is 0 Å². The van der Waals surface area contributed by atoms with Gasteiger partial charge in [-0.1, -0.05) is 0 Å². The maximum Gasteiger partial charge on any atom is 0.0207 e. The van der Waals surface area contributed by atoms with Gasteiger partial charge in [0.1, 0.15) is 0 Å². The van der Waals surface area contributed by atoms with Crippen molar-refractivity contribution in [2.75, 3.05) is 39.3 Å². The summed E-state index contributed by atoms with van der Waals surface area (Å²) < 4.78 is 0. The Hall–Kier alpha value is -0.160. The molecule has 1 atom stereocenters. The van der Waals surface area contributed by atoms with Gasteiger partial charge in [0, 0.05) is 44.3 Å². The van der Waals surface area contributed by atoms with Crippen LogP contribution in [-0.2, 0) is 0 Å². The average molecular weight is 252 g/mol. The van der Waals surface area contributed by atoms with Gasteiger partial charge in [-0.05, 0) is 45.2 Å². The molecule has 1 aliphatic carbocycles. The normalized spacial score (nSPS) is 32.2. The van der Waals surface area contributed by atoms with Crippen LogP contribution in [0.5, 0.6) is 0 Å². The van der Waals surface area contributed by atoms with Gasteiger partial charge in [0.2, 0.25) is 0 Å². The molecule has 1 unspecified atom stereocenters. The Morgan fingerprint density at radius 3 is 2.50 bits per heavy atom. The predicted molar refractivity (Wildman–Crippen MR) is 74.7 cm³/mol. The topological polar surface area (TPSA) is 44.5 Å². The molecule has 1 saturated carbocycles. The molecular weight excluding hydrogens is 224 g/mol. The number of likely N-dealkylation sites (tertiary alicyclic amines) is 2. The third kappa shape index (κ3) is 3.44.